The van der Waals surface area contributed by atoms with Gasteiger partial charge in [-0.25, -0.2) is 0 Å². The van der Waals surface area contributed by atoms with Gasteiger partial charge in [-0.2, -0.15) is 0 Å². The summed E-state index contributed by atoms with van der Waals surface area (Å²) in [4.78, 5) is 30.0. The minimum atomic E-state index is -0.396. The predicted molar refractivity (Wildman–Crippen MR) is 85.1 cm³/mol. The summed E-state index contributed by atoms with van der Waals surface area (Å²) < 4.78 is 0. The summed E-state index contributed by atoms with van der Waals surface area (Å²) >= 11 is 13.1. The summed E-state index contributed by atoms with van der Waals surface area (Å²) in [6.45, 7) is 1.27. The van der Waals surface area contributed by atoms with E-state index in [9.17, 15) is 9.59 Å². The summed E-state index contributed by atoms with van der Waals surface area (Å²) in [5, 5.41) is 3.85. The zero-order valence-corrected chi connectivity index (χ0v) is 13.1. The highest BCUT2D eigenvalue weighted by Gasteiger charge is 2.40. The van der Waals surface area contributed by atoms with Crippen molar-refractivity contribution in [3.63, 3.8) is 0 Å². The topological polar surface area (TPSA) is 61.8 Å². The fraction of sp³-hybridized carbons (Fsp3) is 0.308. The van der Waals surface area contributed by atoms with Crippen molar-refractivity contribution in [1.82, 2.24) is 4.90 Å². The van der Waals surface area contributed by atoms with Gasteiger partial charge in [-0.3, -0.25) is 19.5 Å². The van der Waals surface area contributed by atoms with Crippen LogP contribution in [0.5, 0.6) is 0 Å². The van der Waals surface area contributed by atoms with Crippen molar-refractivity contribution in [3.05, 3.63) is 28.2 Å². The maximum Gasteiger partial charge on any atom is 0.242 e. The lowest BCUT2D eigenvalue weighted by Gasteiger charge is -2.10. The third kappa shape index (κ3) is 3.02. The molecule has 1 atom stereocenters. The number of hydrogen-bond donors (Lipinski definition) is 1. The number of amides is 2. The van der Waals surface area contributed by atoms with Gasteiger partial charge in [0.25, 0.3) is 0 Å². The van der Waals surface area contributed by atoms with Gasteiger partial charge in [0.05, 0.1) is 16.6 Å². The van der Waals surface area contributed by atoms with Gasteiger partial charge in [0.1, 0.15) is 5.25 Å². The molecular formula is C13H11Cl2N3O2S. The van der Waals surface area contributed by atoms with Gasteiger partial charge < -0.3 is 5.32 Å². The molecule has 1 aromatic carbocycles. The molecule has 21 heavy (non-hydrogen) atoms. The van der Waals surface area contributed by atoms with E-state index < -0.39 is 5.25 Å². The lowest BCUT2D eigenvalue weighted by atomic mass is 10.2. The average molecular weight is 344 g/mol. The van der Waals surface area contributed by atoms with Crippen LogP contribution in [0.2, 0.25) is 10.0 Å². The van der Waals surface area contributed by atoms with Crippen LogP contribution in [0, 0.1) is 0 Å². The Labute approximate surface area is 135 Å². The van der Waals surface area contributed by atoms with Crippen molar-refractivity contribution < 1.29 is 9.59 Å². The maximum absolute atomic E-state index is 12.1. The fourth-order valence-electron chi connectivity index (χ4n) is 2.17. The number of carbonyl (C=O) groups is 2. The number of carbonyl (C=O) groups excluding carboxylic acids is 2. The molecule has 3 rings (SSSR count). The summed E-state index contributed by atoms with van der Waals surface area (Å²) in [5.41, 5.74) is 0.558. The zero-order valence-electron chi connectivity index (χ0n) is 10.8. The van der Waals surface area contributed by atoms with E-state index in [0.29, 0.717) is 28.8 Å². The molecule has 2 aliphatic rings. The van der Waals surface area contributed by atoms with Crippen LogP contribution >= 0.6 is 35.0 Å². The molecule has 1 N–H and O–H groups in total. The van der Waals surface area contributed by atoms with Gasteiger partial charge in [-0.1, -0.05) is 35.0 Å². The third-order valence-electron chi connectivity index (χ3n) is 3.16. The first kappa shape index (κ1) is 14.7. The van der Waals surface area contributed by atoms with Crippen LogP contribution in [-0.4, -0.2) is 40.2 Å². The summed E-state index contributed by atoms with van der Waals surface area (Å²) in [6.07, 6.45) is 0.110. The Bertz CT molecular complexity index is 650. The second kappa shape index (κ2) is 5.87. The second-order valence-corrected chi connectivity index (χ2v) is 6.63. The molecule has 5 nitrogen and oxygen atoms in total. The number of thioether (sulfide) groups is 1. The highest BCUT2D eigenvalue weighted by atomic mass is 35.5. The van der Waals surface area contributed by atoms with Crippen molar-refractivity contribution >= 4 is 57.6 Å². The molecule has 0 spiro atoms. The zero-order chi connectivity index (χ0) is 15.0. The summed E-state index contributed by atoms with van der Waals surface area (Å²) in [6, 6.07) is 4.85. The van der Waals surface area contributed by atoms with E-state index in [1.165, 1.54) is 11.8 Å². The highest BCUT2D eigenvalue weighted by Crippen LogP contribution is 2.32. The Morgan fingerprint density at radius 3 is 2.95 bits per heavy atom. The van der Waals surface area contributed by atoms with E-state index in [2.05, 4.69) is 10.3 Å². The highest BCUT2D eigenvalue weighted by molar-refractivity contribution is 8.15. The van der Waals surface area contributed by atoms with E-state index in [1.54, 1.807) is 23.1 Å². The van der Waals surface area contributed by atoms with Crippen LogP contribution in [0.3, 0.4) is 0 Å². The molecule has 1 fully saturated rings. The number of amidine groups is 1. The first-order chi connectivity index (χ1) is 10.0. The minimum absolute atomic E-state index is 0.0412. The average Bonchev–Trinajstić information content (AvgIpc) is 2.99. The van der Waals surface area contributed by atoms with Gasteiger partial charge in [0.2, 0.25) is 11.8 Å². The maximum atomic E-state index is 12.1. The van der Waals surface area contributed by atoms with Crippen LogP contribution in [0.25, 0.3) is 0 Å². The number of aliphatic imine (C=N–C) groups is 1. The molecule has 8 heteroatoms. The first-order valence-electron chi connectivity index (χ1n) is 6.32. The van der Waals surface area contributed by atoms with Gasteiger partial charge in [-0.15, -0.1) is 0 Å². The molecule has 0 aromatic heterocycles. The lowest BCUT2D eigenvalue weighted by molar-refractivity contribution is -0.127. The Morgan fingerprint density at radius 2 is 2.24 bits per heavy atom. The Morgan fingerprint density at radius 1 is 1.43 bits per heavy atom. The first-order valence-corrected chi connectivity index (χ1v) is 7.95. The molecule has 2 heterocycles. The number of halogens is 2. The molecule has 1 aromatic rings. The van der Waals surface area contributed by atoms with Gasteiger partial charge in [0.15, 0.2) is 5.17 Å². The fourth-order valence-corrected chi connectivity index (χ4v) is 3.66. The van der Waals surface area contributed by atoms with E-state index in [0.717, 1.165) is 5.17 Å². The molecule has 0 aliphatic carbocycles. The van der Waals surface area contributed by atoms with Crippen LogP contribution in [0.15, 0.2) is 23.2 Å². The lowest BCUT2D eigenvalue weighted by Crippen LogP contribution is -2.32. The van der Waals surface area contributed by atoms with E-state index in [1.807, 2.05) is 0 Å². The third-order valence-corrected chi connectivity index (χ3v) is 5.12. The summed E-state index contributed by atoms with van der Waals surface area (Å²) in [7, 11) is 0. The SMILES string of the molecule is O=C(C[C@H]1SC2=NCCN2C1=O)Nc1ccc(Cl)c(Cl)c1. The van der Waals surface area contributed by atoms with E-state index in [4.69, 9.17) is 23.2 Å². The molecule has 0 radical (unpaired) electrons. The Balaban J connectivity index is 1.62. The van der Waals surface area contributed by atoms with Gasteiger partial charge in [-0.05, 0) is 18.2 Å². The molecule has 0 unspecified atom stereocenters. The standard InChI is InChI=1S/C13H11Cl2N3O2S/c14-8-2-1-7(5-9(8)15)17-11(19)6-10-12(20)18-4-3-16-13(18)21-10/h1-2,5,10H,3-4,6H2,(H,17,19)/t10-/m1/s1. The molecule has 0 saturated carbocycles. The van der Waals surface area contributed by atoms with Gasteiger partial charge >= 0.3 is 0 Å². The number of nitrogens with zero attached hydrogens (tertiary/aromatic N) is 2. The van der Waals surface area contributed by atoms with Crippen molar-refractivity contribution in [2.75, 3.05) is 18.4 Å². The molecule has 110 valence electrons. The molecule has 2 amide bonds. The van der Waals surface area contributed by atoms with Crippen molar-refractivity contribution in [2.45, 2.75) is 11.7 Å². The molecule has 2 aliphatic heterocycles. The van der Waals surface area contributed by atoms with Crippen LogP contribution in [0.4, 0.5) is 5.69 Å². The number of nitrogens with one attached hydrogen (secondary N) is 1. The van der Waals surface area contributed by atoms with Crippen LogP contribution in [0.1, 0.15) is 6.42 Å². The van der Waals surface area contributed by atoms with Gasteiger partial charge in [0, 0.05) is 18.7 Å². The Kier molecular flexibility index (Phi) is 4.10. The monoisotopic (exact) mass is 343 g/mol. The van der Waals surface area contributed by atoms with Crippen molar-refractivity contribution in [3.8, 4) is 0 Å². The number of anilines is 1. The van der Waals surface area contributed by atoms with Crippen LogP contribution in [-0.2, 0) is 9.59 Å². The predicted octanol–water partition coefficient (Wildman–Crippen LogP) is 2.64. The van der Waals surface area contributed by atoms with Crippen LogP contribution < -0.4 is 5.32 Å². The number of fused-ring (bicyclic) bond motifs is 1. The number of hydrogen-bond acceptors (Lipinski definition) is 4. The van der Waals surface area contributed by atoms with Crippen molar-refractivity contribution in [1.29, 1.82) is 0 Å². The molecular weight excluding hydrogens is 333 g/mol. The Hall–Kier alpha value is -1.24. The minimum Gasteiger partial charge on any atom is -0.326 e. The van der Waals surface area contributed by atoms with Crippen molar-refractivity contribution in [2.24, 2.45) is 4.99 Å². The normalized spacial score (nSPS) is 20.5. The molecule has 0 bridgehead atoms. The van der Waals surface area contributed by atoms with E-state index in [-0.39, 0.29) is 18.2 Å². The molecule has 1 saturated heterocycles. The smallest absolute Gasteiger partial charge is 0.242 e. The number of rotatable bonds is 3. The van der Waals surface area contributed by atoms with E-state index >= 15 is 0 Å². The largest absolute Gasteiger partial charge is 0.326 e. The number of benzene rings is 1. The summed E-state index contributed by atoms with van der Waals surface area (Å²) in [5.74, 6) is -0.276. The quantitative estimate of drug-likeness (QED) is 0.917. The second-order valence-electron chi connectivity index (χ2n) is 4.64.